The first-order valence-electron chi connectivity index (χ1n) is 3.32. The van der Waals surface area contributed by atoms with Crippen LogP contribution in [0.25, 0.3) is 0 Å². The minimum Gasteiger partial charge on any atom is -0.430 e. The van der Waals surface area contributed by atoms with Crippen LogP contribution in [0.15, 0.2) is 0 Å². The fourth-order valence-electron chi connectivity index (χ4n) is 0.454. The average Bonchev–Trinajstić information content (AvgIpc) is 1.64. The van der Waals surface area contributed by atoms with Gasteiger partial charge in [-0.2, -0.15) is 0 Å². The zero-order valence-electron chi connectivity index (χ0n) is 6.64. The summed E-state index contributed by atoms with van der Waals surface area (Å²) in [5.41, 5.74) is 0.120. The maximum Gasteiger partial charge on any atom is 0.209 e. The van der Waals surface area contributed by atoms with Crippen molar-refractivity contribution in [2.24, 2.45) is 0 Å². The summed E-state index contributed by atoms with van der Waals surface area (Å²) in [7, 11) is -2.31. The molecule has 0 aromatic rings. The van der Waals surface area contributed by atoms with Gasteiger partial charge in [0.2, 0.25) is 8.32 Å². The van der Waals surface area contributed by atoms with E-state index in [2.05, 4.69) is 6.55 Å². The Morgan fingerprint density at radius 1 is 1.56 bits per heavy atom. The number of hydrogen-bond acceptors (Lipinski definition) is 2. The van der Waals surface area contributed by atoms with Crippen LogP contribution in [0.1, 0.15) is 6.92 Å². The molecule has 0 aliphatic heterocycles. The van der Waals surface area contributed by atoms with Crippen LogP contribution in [0.4, 0.5) is 0 Å². The van der Waals surface area contributed by atoms with Crippen LogP contribution < -0.4 is 0 Å². The lowest BCUT2D eigenvalue weighted by Crippen LogP contribution is -2.41. The molecule has 0 aliphatic carbocycles. The molecule has 56 valence electrons. The molecular formula is C5H16O2Si2. The minimum atomic E-state index is -1.97. The summed E-state index contributed by atoms with van der Waals surface area (Å²) in [4.78, 5) is 9.45. The summed E-state index contributed by atoms with van der Waals surface area (Å²) >= 11 is 0. The standard InChI is InChI=1S/C5H16O2Si2/c1-5(7-8-2)9(3,4)6/h5-6H,8H2,1-4H3/t5-/m0/s1. The molecule has 2 nitrogen and oxygen atoms in total. The molecule has 0 spiro atoms. The normalized spacial score (nSPS) is 17.0. The molecule has 1 N–H and O–H groups in total. The lowest BCUT2D eigenvalue weighted by atomic mass is 10.9. The van der Waals surface area contributed by atoms with Gasteiger partial charge >= 0.3 is 0 Å². The molecule has 0 heterocycles. The van der Waals surface area contributed by atoms with E-state index < -0.39 is 8.32 Å². The zero-order chi connectivity index (χ0) is 7.49. The maximum atomic E-state index is 9.45. The Balaban J connectivity index is 3.59. The van der Waals surface area contributed by atoms with Crippen LogP contribution in [0.3, 0.4) is 0 Å². The van der Waals surface area contributed by atoms with Crippen molar-refractivity contribution in [3.05, 3.63) is 0 Å². The summed E-state index contributed by atoms with van der Waals surface area (Å²) in [5.74, 6) is 0. The van der Waals surface area contributed by atoms with Crippen LogP contribution in [-0.4, -0.2) is 28.6 Å². The van der Waals surface area contributed by atoms with Crippen LogP contribution in [0.5, 0.6) is 0 Å². The second-order valence-electron chi connectivity index (χ2n) is 2.75. The van der Waals surface area contributed by atoms with Gasteiger partial charge in [0, 0.05) is 0 Å². The van der Waals surface area contributed by atoms with Crippen LogP contribution in [0.2, 0.25) is 19.6 Å². The summed E-state index contributed by atoms with van der Waals surface area (Å²) in [5, 5.41) is 0. The van der Waals surface area contributed by atoms with Crippen molar-refractivity contribution >= 4 is 18.1 Å². The molecule has 0 saturated heterocycles. The highest BCUT2D eigenvalue weighted by Gasteiger charge is 2.25. The van der Waals surface area contributed by atoms with Gasteiger partial charge in [0.25, 0.3) is 0 Å². The van der Waals surface area contributed by atoms with Gasteiger partial charge in [0.05, 0.1) is 5.73 Å². The monoisotopic (exact) mass is 164 g/mol. The molecule has 0 unspecified atom stereocenters. The SMILES string of the molecule is C[SiH2]O[C@H](C)[Si](C)(C)O. The van der Waals surface area contributed by atoms with Gasteiger partial charge < -0.3 is 9.22 Å². The molecule has 0 bridgehead atoms. The zero-order valence-corrected chi connectivity index (χ0v) is 9.05. The molecule has 0 aliphatic rings. The predicted molar refractivity (Wildman–Crippen MR) is 44.7 cm³/mol. The molecule has 0 rings (SSSR count). The van der Waals surface area contributed by atoms with E-state index in [0.717, 1.165) is 0 Å². The highest BCUT2D eigenvalue weighted by Crippen LogP contribution is 2.05. The third-order valence-corrected chi connectivity index (χ3v) is 4.73. The summed E-state index contributed by atoms with van der Waals surface area (Å²) in [6, 6.07) is 0. The van der Waals surface area contributed by atoms with E-state index in [-0.39, 0.29) is 15.5 Å². The first kappa shape index (κ1) is 9.35. The number of rotatable bonds is 3. The second kappa shape index (κ2) is 3.50. The van der Waals surface area contributed by atoms with E-state index >= 15 is 0 Å². The lowest BCUT2D eigenvalue weighted by Gasteiger charge is -2.22. The van der Waals surface area contributed by atoms with Crippen LogP contribution >= 0.6 is 0 Å². The largest absolute Gasteiger partial charge is 0.430 e. The van der Waals surface area contributed by atoms with Gasteiger partial charge in [0.15, 0.2) is 9.76 Å². The van der Waals surface area contributed by atoms with Crippen LogP contribution in [0, 0.1) is 0 Å². The summed E-state index contributed by atoms with van der Waals surface area (Å²) in [6.07, 6.45) is 0. The Kier molecular flexibility index (Phi) is 3.64. The first-order chi connectivity index (χ1) is 3.98. The molecule has 4 heteroatoms. The van der Waals surface area contributed by atoms with E-state index in [9.17, 15) is 4.80 Å². The topological polar surface area (TPSA) is 29.5 Å². The number of hydrogen-bond donors (Lipinski definition) is 1. The summed E-state index contributed by atoms with van der Waals surface area (Å²) in [6.45, 7) is 7.85. The van der Waals surface area contributed by atoms with Gasteiger partial charge in [0.1, 0.15) is 0 Å². The Morgan fingerprint density at radius 2 is 2.00 bits per heavy atom. The van der Waals surface area contributed by atoms with Gasteiger partial charge in [-0.15, -0.1) is 0 Å². The van der Waals surface area contributed by atoms with Crippen LogP contribution in [-0.2, 0) is 4.43 Å². The van der Waals surface area contributed by atoms with Gasteiger partial charge in [-0.05, 0) is 20.0 Å². The third-order valence-electron chi connectivity index (χ3n) is 1.41. The molecule has 0 aromatic heterocycles. The average molecular weight is 164 g/mol. The van der Waals surface area contributed by atoms with E-state index in [4.69, 9.17) is 4.43 Å². The van der Waals surface area contributed by atoms with Gasteiger partial charge in [-0.1, -0.05) is 6.55 Å². The highest BCUT2D eigenvalue weighted by molar-refractivity contribution is 6.71. The van der Waals surface area contributed by atoms with Crippen molar-refractivity contribution in [3.8, 4) is 0 Å². The van der Waals surface area contributed by atoms with E-state index in [0.29, 0.717) is 0 Å². The molecule has 9 heavy (non-hydrogen) atoms. The fourth-order valence-corrected chi connectivity index (χ4v) is 3.09. The Labute approximate surface area is 60.3 Å². The Bertz CT molecular complexity index is 79.5. The smallest absolute Gasteiger partial charge is 0.209 e. The minimum absolute atomic E-state index is 0.120. The molecule has 0 amide bonds. The van der Waals surface area contributed by atoms with Gasteiger partial charge in [-0.25, -0.2) is 0 Å². The molecule has 1 atom stereocenters. The van der Waals surface area contributed by atoms with E-state index in [1.54, 1.807) is 0 Å². The molecular weight excluding hydrogens is 148 g/mol. The van der Waals surface area contributed by atoms with E-state index in [1.165, 1.54) is 0 Å². The van der Waals surface area contributed by atoms with Crippen molar-refractivity contribution in [2.45, 2.75) is 32.3 Å². The first-order valence-corrected chi connectivity index (χ1v) is 8.34. The molecule has 0 fully saturated rings. The van der Waals surface area contributed by atoms with Crippen molar-refractivity contribution < 1.29 is 9.22 Å². The third kappa shape index (κ3) is 3.85. The second-order valence-corrected chi connectivity index (χ2v) is 7.78. The van der Waals surface area contributed by atoms with Crippen molar-refractivity contribution in [1.82, 2.24) is 0 Å². The highest BCUT2D eigenvalue weighted by atomic mass is 28.4. The Morgan fingerprint density at radius 3 is 2.11 bits per heavy atom. The summed E-state index contributed by atoms with van der Waals surface area (Å²) < 4.78 is 5.36. The maximum absolute atomic E-state index is 9.45. The van der Waals surface area contributed by atoms with Crippen molar-refractivity contribution in [1.29, 1.82) is 0 Å². The molecule has 0 aromatic carbocycles. The molecule has 0 radical (unpaired) electrons. The van der Waals surface area contributed by atoms with Gasteiger partial charge in [-0.3, -0.25) is 0 Å². The van der Waals surface area contributed by atoms with Crippen molar-refractivity contribution in [3.63, 3.8) is 0 Å². The lowest BCUT2D eigenvalue weighted by molar-refractivity contribution is 0.280. The Hall–Kier alpha value is 0.354. The fraction of sp³-hybridized carbons (Fsp3) is 1.00. The van der Waals surface area contributed by atoms with Crippen molar-refractivity contribution in [2.75, 3.05) is 0 Å². The molecule has 0 saturated carbocycles. The van der Waals surface area contributed by atoms with E-state index in [1.807, 2.05) is 20.0 Å². The predicted octanol–water partition coefficient (Wildman–Crippen LogP) is 0.260. The quantitative estimate of drug-likeness (QED) is 0.606.